The molecule has 0 spiro atoms. The molecule has 47 heavy (non-hydrogen) atoms. The maximum atomic E-state index is 14.2. The summed E-state index contributed by atoms with van der Waals surface area (Å²) < 4.78 is 63.8. The topological polar surface area (TPSA) is 160 Å². The van der Waals surface area contributed by atoms with Crippen molar-refractivity contribution in [2.75, 3.05) is 13.1 Å². The number of hydrogen-bond donors (Lipinski definition) is 2. The number of tetrazole rings is 1. The molecule has 0 radical (unpaired) electrons. The number of aromatic nitrogens is 5. The highest BCUT2D eigenvalue weighted by Crippen LogP contribution is 2.29. The van der Waals surface area contributed by atoms with Gasteiger partial charge in [0.05, 0.1) is 15.5 Å². The number of rotatable bonds is 16. The van der Waals surface area contributed by atoms with Gasteiger partial charge in [-0.1, -0.05) is 49.7 Å². The van der Waals surface area contributed by atoms with Gasteiger partial charge >= 0.3 is 0 Å². The number of nitrogens with zero attached hydrogens (tertiary/aromatic N) is 5. The second-order valence-electron chi connectivity index (χ2n) is 10.9. The van der Waals surface area contributed by atoms with Crippen LogP contribution in [0.4, 0.5) is 0 Å². The number of nitrogens with one attached hydrogen (secondary N) is 2. The fourth-order valence-corrected chi connectivity index (χ4v) is 8.35. The third-order valence-corrected chi connectivity index (χ3v) is 11.6. The van der Waals surface area contributed by atoms with Crippen LogP contribution in [0.5, 0.6) is 5.75 Å². The number of aromatic amines is 1. The van der Waals surface area contributed by atoms with Gasteiger partial charge in [0.25, 0.3) is 0 Å². The molecule has 2 aromatic heterocycles. The third kappa shape index (κ3) is 9.00. The van der Waals surface area contributed by atoms with Crippen LogP contribution in [0.15, 0.2) is 88.0 Å². The SMILES string of the molecule is CC(C)c1csc(COc2cccc(CN(CCCCNS(=O)(=O)c3ccc(Cl)cc3)S(=O)(=O)c3ccccc3-c3nn[nH]n3)c2)n1. The van der Waals surface area contributed by atoms with E-state index in [-0.39, 0.29) is 35.2 Å². The summed E-state index contributed by atoms with van der Waals surface area (Å²) >= 11 is 7.42. The first-order valence-electron chi connectivity index (χ1n) is 14.8. The Morgan fingerprint density at radius 1 is 1.00 bits per heavy atom. The summed E-state index contributed by atoms with van der Waals surface area (Å²) in [6.45, 7) is 4.76. The van der Waals surface area contributed by atoms with Crippen LogP contribution in [0.1, 0.15) is 48.9 Å². The highest BCUT2D eigenvalue weighted by Gasteiger charge is 2.28. The number of hydrogen-bond acceptors (Lipinski definition) is 10. The van der Waals surface area contributed by atoms with E-state index in [0.29, 0.717) is 47.3 Å². The number of ether oxygens (including phenoxy) is 1. The molecule has 0 unspecified atom stereocenters. The highest BCUT2D eigenvalue weighted by molar-refractivity contribution is 7.89. The summed E-state index contributed by atoms with van der Waals surface area (Å²) in [6.07, 6.45) is 0.770. The second-order valence-corrected chi connectivity index (χ2v) is 15.9. The summed E-state index contributed by atoms with van der Waals surface area (Å²) in [5.41, 5.74) is 2.04. The van der Waals surface area contributed by atoms with Crippen molar-refractivity contribution in [2.24, 2.45) is 0 Å². The molecule has 2 heterocycles. The van der Waals surface area contributed by atoms with Gasteiger partial charge in [0.2, 0.25) is 25.9 Å². The molecule has 0 aliphatic heterocycles. The van der Waals surface area contributed by atoms with Crippen LogP contribution in [0.3, 0.4) is 0 Å². The molecule has 5 aromatic rings. The van der Waals surface area contributed by atoms with E-state index in [1.54, 1.807) is 18.2 Å². The molecular weight excluding hydrogens is 682 g/mol. The van der Waals surface area contributed by atoms with Gasteiger partial charge in [-0.3, -0.25) is 0 Å². The van der Waals surface area contributed by atoms with Gasteiger partial charge in [-0.25, -0.2) is 26.5 Å². The lowest BCUT2D eigenvalue weighted by molar-refractivity contribution is 0.304. The lowest BCUT2D eigenvalue weighted by Gasteiger charge is -2.23. The molecule has 0 saturated carbocycles. The predicted molar refractivity (Wildman–Crippen MR) is 180 cm³/mol. The zero-order valence-corrected chi connectivity index (χ0v) is 28.9. The standard InChI is InChI=1S/C31H34ClN7O5S3/c1-22(2)28-21-45-30(34-28)20-44-25-9-7-8-23(18-25)19-39(17-6-5-16-33-46(40,41)26-14-12-24(32)13-15-26)47(42,43)29-11-4-3-10-27(29)31-35-37-38-36-31/h3-4,7-15,18,21-22,33H,5-6,16-17,19-20H2,1-2H3,(H,35,36,37,38). The van der Waals surface area contributed by atoms with Crippen molar-refractivity contribution < 1.29 is 21.6 Å². The van der Waals surface area contributed by atoms with Crippen molar-refractivity contribution in [1.82, 2.24) is 34.6 Å². The van der Waals surface area contributed by atoms with Gasteiger partial charge in [0, 0.05) is 35.6 Å². The van der Waals surface area contributed by atoms with Gasteiger partial charge in [0.1, 0.15) is 17.4 Å². The van der Waals surface area contributed by atoms with Crippen LogP contribution in [-0.2, 0) is 33.2 Å². The van der Waals surface area contributed by atoms with Crippen molar-refractivity contribution in [3.8, 4) is 17.1 Å². The van der Waals surface area contributed by atoms with Crippen molar-refractivity contribution in [2.45, 2.75) is 55.5 Å². The Morgan fingerprint density at radius 2 is 1.79 bits per heavy atom. The van der Waals surface area contributed by atoms with Gasteiger partial charge < -0.3 is 4.74 Å². The Bertz CT molecular complexity index is 1990. The van der Waals surface area contributed by atoms with Gasteiger partial charge in [-0.05, 0) is 78.1 Å². The molecular formula is C31H34ClN7O5S3. The number of benzene rings is 3. The summed E-state index contributed by atoms with van der Waals surface area (Å²) in [6, 6.07) is 19.6. The minimum Gasteiger partial charge on any atom is -0.486 e. The minimum absolute atomic E-state index is 0.0296. The van der Waals surface area contributed by atoms with E-state index >= 15 is 0 Å². The Labute approximate surface area is 283 Å². The van der Waals surface area contributed by atoms with E-state index in [4.69, 9.17) is 16.3 Å². The summed E-state index contributed by atoms with van der Waals surface area (Å²) in [7, 11) is -7.82. The fourth-order valence-electron chi connectivity index (χ4n) is 4.63. The van der Waals surface area contributed by atoms with E-state index in [2.05, 4.69) is 44.2 Å². The van der Waals surface area contributed by atoms with Gasteiger partial charge in [-0.2, -0.15) is 9.52 Å². The molecule has 0 saturated heterocycles. The van der Waals surface area contributed by atoms with Crippen molar-refractivity contribution >= 4 is 43.0 Å². The average Bonchev–Trinajstić information content (AvgIpc) is 3.77. The van der Waals surface area contributed by atoms with E-state index in [1.165, 1.54) is 46.0 Å². The predicted octanol–water partition coefficient (Wildman–Crippen LogP) is 5.63. The lowest BCUT2D eigenvalue weighted by atomic mass is 10.2. The molecule has 0 amide bonds. The first kappa shape index (κ1) is 34.6. The monoisotopic (exact) mass is 715 g/mol. The molecule has 248 valence electrons. The fraction of sp³-hybridized carbons (Fsp3) is 0.290. The maximum absolute atomic E-state index is 14.2. The molecule has 0 aliphatic carbocycles. The van der Waals surface area contributed by atoms with Gasteiger partial charge in [-0.15, -0.1) is 21.5 Å². The second kappa shape index (κ2) is 15.4. The number of thiazole rings is 1. The first-order chi connectivity index (χ1) is 22.5. The molecule has 0 bridgehead atoms. The molecule has 12 nitrogen and oxygen atoms in total. The largest absolute Gasteiger partial charge is 0.486 e. The Morgan fingerprint density at radius 3 is 2.51 bits per heavy atom. The highest BCUT2D eigenvalue weighted by atomic mass is 35.5. The van der Waals surface area contributed by atoms with E-state index in [1.807, 2.05) is 29.6 Å². The van der Waals surface area contributed by atoms with Crippen LogP contribution >= 0.6 is 22.9 Å². The number of H-pyrrole nitrogens is 1. The zero-order chi connectivity index (χ0) is 33.4. The van der Waals surface area contributed by atoms with Crippen LogP contribution in [0.25, 0.3) is 11.4 Å². The quantitative estimate of drug-likeness (QED) is 0.123. The normalized spacial score (nSPS) is 12.2. The molecule has 16 heteroatoms. The van der Waals surface area contributed by atoms with E-state index < -0.39 is 20.0 Å². The van der Waals surface area contributed by atoms with E-state index in [9.17, 15) is 16.8 Å². The molecule has 3 aromatic carbocycles. The Balaban J connectivity index is 1.32. The van der Waals surface area contributed by atoms with E-state index in [0.717, 1.165) is 10.7 Å². The molecule has 0 aliphatic rings. The Kier molecular flexibility index (Phi) is 11.4. The lowest BCUT2D eigenvalue weighted by Crippen LogP contribution is -2.33. The van der Waals surface area contributed by atoms with Crippen LogP contribution in [-0.4, -0.2) is 59.8 Å². The molecule has 0 atom stereocenters. The van der Waals surface area contributed by atoms with Crippen molar-refractivity contribution in [1.29, 1.82) is 0 Å². The number of sulfonamides is 2. The van der Waals surface area contributed by atoms with Gasteiger partial charge in [0.15, 0.2) is 0 Å². The number of unbranched alkanes of at least 4 members (excludes halogenated alkanes) is 1. The van der Waals surface area contributed by atoms with Crippen molar-refractivity contribution in [3.63, 3.8) is 0 Å². The van der Waals surface area contributed by atoms with Crippen LogP contribution in [0.2, 0.25) is 5.02 Å². The molecule has 2 N–H and O–H groups in total. The molecule has 5 rings (SSSR count). The molecule has 0 fully saturated rings. The summed E-state index contributed by atoms with van der Waals surface area (Å²) in [4.78, 5) is 4.74. The Hall–Kier alpha value is -3.73. The maximum Gasteiger partial charge on any atom is 0.244 e. The third-order valence-electron chi connectivity index (χ3n) is 7.12. The average molecular weight is 716 g/mol. The first-order valence-corrected chi connectivity index (χ1v) is 19.0. The van der Waals surface area contributed by atoms with Crippen LogP contribution < -0.4 is 9.46 Å². The summed E-state index contributed by atoms with van der Waals surface area (Å²) in [5.74, 6) is 1.06. The van der Waals surface area contributed by atoms with Crippen LogP contribution in [0, 0.1) is 0 Å². The smallest absolute Gasteiger partial charge is 0.244 e. The minimum atomic E-state index is -4.08. The summed E-state index contributed by atoms with van der Waals surface area (Å²) in [5, 5.41) is 17.2. The number of halogens is 1. The zero-order valence-electron chi connectivity index (χ0n) is 25.7. The van der Waals surface area contributed by atoms with Crippen molar-refractivity contribution in [3.05, 3.63) is 99.5 Å².